The Morgan fingerprint density at radius 1 is 1.20 bits per heavy atom. The first kappa shape index (κ1) is 14.0. The van der Waals surface area contributed by atoms with Crippen LogP contribution in [0.4, 0.5) is 0 Å². The van der Waals surface area contributed by atoms with Crippen molar-refractivity contribution < 1.29 is 8.42 Å². The molecule has 2 saturated heterocycles. The van der Waals surface area contributed by atoms with Crippen LogP contribution < -0.4 is 0 Å². The van der Waals surface area contributed by atoms with E-state index in [1.165, 1.54) is 6.33 Å². The molecule has 0 unspecified atom stereocenters. The molecule has 6 nitrogen and oxygen atoms in total. The number of sulfonamides is 1. The quantitative estimate of drug-likeness (QED) is 0.799. The van der Waals surface area contributed by atoms with Gasteiger partial charge in [-0.3, -0.25) is 0 Å². The summed E-state index contributed by atoms with van der Waals surface area (Å²) in [6.07, 6.45) is 6.36. The van der Waals surface area contributed by atoms with Crippen LogP contribution >= 0.6 is 0 Å². The number of piperidine rings is 1. The van der Waals surface area contributed by atoms with Crippen molar-refractivity contribution in [3.8, 4) is 0 Å². The van der Waals surface area contributed by atoms with Crippen LogP contribution in [-0.4, -0.2) is 60.4 Å². The maximum atomic E-state index is 12.6. The summed E-state index contributed by atoms with van der Waals surface area (Å²) in [6.45, 7) is 3.37. The monoisotopic (exact) mass is 298 g/mol. The molecule has 7 heteroatoms. The minimum atomic E-state index is -3.43. The van der Waals surface area contributed by atoms with Gasteiger partial charge in [-0.05, 0) is 38.3 Å². The lowest BCUT2D eigenvalue weighted by molar-refractivity contribution is 0.121. The summed E-state index contributed by atoms with van der Waals surface area (Å²) < 4.78 is 28.5. The summed E-state index contributed by atoms with van der Waals surface area (Å²) >= 11 is 0. The van der Waals surface area contributed by atoms with Gasteiger partial charge < -0.3 is 9.47 Å². The van der Waals surface area contributed by atoms with Crippen molar-refractivity contribution in [2.24, 2.45) is 12.5 Å². The Labute approximate surface area is 120 Å². The topological polar surface area (TPSA) is 58.4 Å². The molecule has 2 aliphatic heterocycles. The largest absolute Gasteiger partial charge is 0.339 e. The van der Waals surface area contributed by atoms with Gasteiger partial charge in [0.25, 0.3) is 10.0 Å². The van der Waals surface area contributed by atoms with Gasteiger partial charge in [0.05, 0.1) is 6.33 Å². The third kappa shape index (κ3) is 2.38. The lowest BCUT2D eigenvalue weighted by Gasteiger charge is -2.38. The molecule has 20 heavy (non-hydrogen) atoms. The number of likely N-dealkylation sites (tertiary alicyclic amines) is 1. The van der Waals surface area contributed by atoms with Crippen LogP contribution in [0.5, 0.6) is 0 Å². The highest BCUT2D eigenvalue weighted by Crippen LogP contribution is 2.40. The van der Waals surface area contributed by atoms with Gasteiger partial charge in [-0.1, -0.05) is 0 Å². The van der Waals surface area contributed by atoms with Crippen molar-refractivity contribution in [3.63, 3.8) is 0 Å². The molecular weight excluding hydrogens is 276 g/mol. The lowest BCUT2D eigenvalue weighted by atomic mass is 9.79. The van der Waals surface area contributed by atoms with Crippen LogP contribution in [0.15, 0.2) is 17.6 Å². The van der Waals surface area contributed by atoms with Crippen molar-refractivity contribution in [3.05, 3.63) is 12.5 Å². The Hall–Kier alpha value is -0.920. The molecule has 0 aliphatic carbocycles. The van der Waals surface area contributed by atoms with Crippen molar-refractivity contribution >= 4 is 10.0 Å². The molecule has 1 aromatic heterocycles. The number of rotatable bonds is 2. The number of nitrogens with zero attached hydrogens (tertiary/aromatic N) is 4. The van der Waals surface area contributed by atoms with Crippen LogP contribution in [0, 0.1) is 5.41 Å². The summed E-state index contributed by atoms with van der Waals surface area (Å²) in [5, 5.41) is 0.168. The van der Waals surface area contributed by atoms with E-state index in [1.807, 2.05) is 0 Å². The van der Waals surface area contributed by atoms with Gasteiger partial charge >= 0.3 is 0 Å². The molecule has 112 valence electrons. The van der Waals surface area contributed by atoms with Gasteiger partial charge in [0.2, 0.25) is 0 Å². The zero-order valence-corrected chi connectivity index (χ0v) is 12.9. The van der Waals surface area contributed by atoms with Gasteiger partial charge in [0.1, 0.15) is 0 Å². The summed E-state index contributed by atoms with van der Waals surface area (Å²) in [4.78, 5) is 6.32. The van der Waals surface area contributed by atoms with Gasteiger partial charge in [-0.15, -0.1) is 0 Å². The normalized spacial score (nSPS) is 29.3. The van der Waals surface area contributed by atoms with Crippen LogP contribution in [0.25, 0.3) is 0 Å². The first-order valence-corrected chi connectivity index (χ1v) is 8.52. The van der Waals surface area contributed by atoms with Crippen LogP contribution in [0.2, 0.25) is 0 Å². The van der Waals surface area contributed by atoms with Crippen LogP contribution in [0.3, 0.4) is 0 Å². The molecule has 2 aliphatic rings. The Morgan fingerprint density at radius 2 is 2.00 bits per heavy atom. The minimum Gasteiger partial charge on any atom is -0.339 e. The highest BCUT2D eigenvalue weighted by atomic mass is 32.2. The average molecular weight is 298 g/mol. The molecule has 1 spiro atoms. The minimum absolute atomic E-state index is 0.148. The third-order valence-electron chi connectivity index (χ3n) is 4.54. The molecule has 0 amide bonds. The molecule has 1 aromatic rings. The second-order valence-electron chi connectivity index (χ2n) is 6.31. The van der Waals surface area contributed by atoms with Crippen LogP contribution in [-0.2, 0) is 17.1 Å². The molecule has 0 aromatic carbocycles. The zero-order valence-electron chi connectivity index (χ0n) is 12.1. The molecule has 2 fully saturated rings. The van der Waals surface area contributed by atoms with Crippen molar-refractivity contribution in [2.75, 3.05) is 33.2 Å². The SMILES string of the molecule is CN1CCC[C@@]2(CCN(S(=O)(=O)c3cn(C)cn3)C2)C1. The Morgan fingerprint density at radius 3 is 2.65 bits per heavy atom. The first-order valence-electron chi connectivity index (χ1n) is 7.08. The van der Waals surface area contributed by atoms with Crippen molar-refractivity contribution in [1.29, 1.82) is 0 Å². The van der Waals surface area contributed by atoms with E-state index in [4.69, 9.17) is 0 Å². The van der Waals surface area contributed by atoms with Crippen molar-refractivity contribution in [2.45, 2.75) is 24.3 Å². The average Bonchev–Trinajstić information content (AvgIpc) is 2.97. The highest BCUT2D eigenvalue weighted by Gasteiger charge is 2.45. The van der Waals surface area contributed by atoms with Gasteiger partial charge in [0.15, 0.2) is 5.03 Å². The number of hydrogen-bond donors (Lipinski definition) is 0. The van der Waals surface area contributed by atoms with Crippen LogP contribution in [0.1, 0.15) is 19.3 Å². The Balaban J connectivity index is 1.80. The van der Waals surface area contributed by atoms with Crippen molar-refractivity contribution in [1.82, 2.24) is 18.8 Å². The Bertz CT molecular complexity index is 597. The lowest BCUT2D eigenvalue weighted by Crippen LogP contribution is -2.43. The summed E-state index contributed by atoms with van der Waals surface area (Å²) in [5.41, 5.74) is 0.148. The van der Waals surface area contributed by atoms with E-state index in [0.717, 1.165) is 32.4 Å². The van der Waals surface area contributed by atoms with Gasteiger partial charge in [-0.25, -0.2) is 13.4 Å². The molecule has 0 radical (unpaired) electrons. The maximum Gasteiger partial charge on any atom is 0.262 e. The molecule has 0 bridgehead atoms. The maximum absolute atomic E-state index is 12.6. The third-order valence-corrected chi connectivity index (χ3v) is 6.27. The number of hydrogen-bond acceptors (Lipinski definition) is 4. The predicted octanol–water partition coefficient (Wildman–Crippen LogP) is 0.527. The van der Waals surface area contributed by atoms with Gasteiger partial charge in [-0.2, -0.15) is 4.31 Å². The van der Waals surface area contributed by atoms with E-state index in [2.05, 4.69) is 16.9 Å². The number of aryl methyl sites for hydroxylation is 1. The predicted molar refractivity (Wildman–Crippen MR) is 75.7 cm³/mol. The standard InChI is InChI=1S/C13H22N4O2S/c1-15-6-3-4-13(9-15)5-7-17(10-13)20(18,19)12-8-16(2)11-14-12/h8,11H,3-7,9-10H2,1-2H3/t13-/m1/s1. The summed E-state index contributed by atoms with van der Waals surface area (Å²) in [7, 11) is 0.479. The second-order valence-corrected chi connectivity index (χ2v) is 8.19. The van der Waals surface area contributed by atoms with E-state index in [9.17, 15) is 8.42 Å². The number of imidazole rings is 1. The molecular formula is C13H22N4O2S. The second kappa shape index (κ2) is 4.82. The molecule has 3 heterocycles. The zero-order chi connectivity index (χ0) is 14.4. The van der Waals surface area contributed by atoms with E-state index < -0.39 is 10.0 Å². The smallest absolute Gasteiger partial charge is 0.262 e. The highest BCUT2D eigenvalue weighted by molar-refractivity contribution is 7.89. The first-order chi connectivity index (χ1) is 9.41. The van der Waals surface area contributed by atoms with Gasteiger partial charge in [0, 0.05) is 32.9 Å². The number of aromatic nitrogens is 2. The summed E-state index contributed by atoms with van der Waals surface area (Å²) in [6, 6.07) is 0. The molecule has 0 saturated carbocycles. The molecule has 3 rings (SSSR count). The molecule has 1 atom stereocenters. The van der Waals surface area contributed by atoms with E-state index in [0.29, 0.717) is 13.1 Å². The fourth-order valence-corrected chi connectivity index (χ4v) is 5.06. The molecule has 0 N–H and O–H groups in total. The van der Waals surface area contributed by atoms with E-state index in [1.54, 1.807) is 22.1 Å². The fraction of sp³-hybridized carbons (Fsp3) is 0.769. The summed E-state index contributed by atoms with van der Waals surface area (Å²) in [5.74, 6) is 0. The van der Waals surface area contributed by atoms with E-state index >= 15 is 0 Å². The van der Waals surface area contributed by atoms with E-state index in [-0.39, 0.29) is 10.4 Å². The Kier molecular flexibility index (Phi) is 3.38. The fourth-order valence-electron chi connectivity index (χ4n) is 3.54.